The van der Waals surface area contributed by atoms with E-state index in [2.05, 4.69) is 15.4 Å². The van der Waals surface area contributed by atoms with Crippen molar-refractivity contribution in [1.29, 1.82) is 0 Å². The molecule has 1 fully saturated rings. The van der Waals surface area contributed by atoms with Gasteiger partial charge in [0.1, 0.15) is 0 Å². The number of nitrogens with one attached hydrogen (secondary N) is 1. The van der Waals surface area contributed by atoms with Crippen molar-refractivity contribution < 1.29 is 4.79 Å². The molecule has 27 heavy (non-hydrogen) atoms. The summed E-state index contributed by atoms with van der Waals surface area (Å²) in [6.07, 6.45) is 12.6. The molecule has 3 N–H and O–H groups in total. The molecule has 3 rings (SSSR count). The topological polar surface area (TPSA) is 85.8 Å². The molecular weight excluding hydrogens is 385 g/mol. The van der Waals surface area contributed by atoms with Gasteiger partial charge < -0.3 is 11.1 Å². The van der Waals surface area contributed by atoms with Gasteiger partial charge in [0.25, 0.3) is 0 Å². The maximum atomic E-state index is 12.4. The number of anilines is 1. The molecule has 2 heterocycles. The summed E-state index contributed by atoms with van der Waals surface area (Å²) in [5, 5.41) is 7.38. The molecule has 6 nitrogen and oxygen atoms in total. The molecule has 0 unspecified atom stereocenters. The number of aryl methyl sites for hydroxylation is 2. The normalized spacial score (nSPS) is 15.3. The van der Waals surface area contributed by atoms with Crippen LogP contribution in [0.15, 0.2) is 36.8 Å². The second kappa shape index (κ2) is 11.3. The van der Waals surface area contributed by atoms with Crippen molar-refractivity contribution in [1.82, 2.24) is 14.8 Å². The Labute approximate surface area is 173 Å². The number of hydrogen-bond donors (Lipinski definition) is 2. The Morgan fingerprint density at radius 2 is 1.85 bits per heavy atom. The molecule has 1 aliphatic carbocycles. The predicted octanol–water partition coefficient (Wildman–Crippen LogP) is 3.60. The van der Waals surface area contributed by atoms with Crippen molar-refractivity contribution >= 4 is 36.5 Å². The molecule has 1 amide bonds. The molecule has 0 aromatic carbocycles. The Bertz CT molecular complexity index is 686. The molecule has 0 spiro atoms. The first-order valence-corrected chi connectivity index (χ1v) is 9.11. The van der Waals surface area contributed by atoms with Gasteiger partial charge in [-0.25, -0.2) is 0 Å². The molecule has 0 aliphatic heterocycles. The molecule has 150 valence electrons. The lowest BCUT2D eigenvalue weighted by molar-refractivity contribution is -0.118. The van der Waals surface area contributed by atoms with Crippen molar-refractivity contribution in [2.45, 2.75) is 51.5 Å². The van der Waals surface area contributed by atoms with Crippen LogP contribution in [0.4, 0.5) is 5.82 Å². The molecular formula is C19H29Cl2N5O. The summed E-state index contributed by atoms with van der Waals surface area (Å²) in [7, 11) is 0. The van der Waals surface area contributed by atoms with Crippen LogP contribution in [-0.2, 0) is 17.8 Å². The quantitative estimate of drug-likeness (QED) is 0.725. The monoisotopic (exact) mass is 413 g/mol. The zero-order valence-corrected chi connectivity index (χ0v) is 17.1. The lowest BCUT2D eigenvalue weighted by Crippen LogP contribution is -2.36. The number of nitrogens with two attached hydrogens (primary N) is 1. The van der Waals surface area contributed by atoms with Crippen LogP contribution in [0.2, 0.25) is 0 Å². The standard InChI is InChI=1S/C19H27N5O.2ClH/c20-15-19(8-2-1-3-9-19)14-18(25)22-17-7-13-24(23-17)12-6-16-4-10-21-11-5-16;;/h4-5,7,10-11,13H,1-3,6,8-9,12,14-15,20H2,(H,22,23,25);2*1H. The highest BCUT2D eigenvalue weighted by Crippen LogP contribution is 2.38. The molecule has 2 aromatic heterocycles. The van der Waals surface area contributed by atoms with Gasteiger partial charge in [-0.2, -0.15) is 5.10 Å². The van der Waals surface area contributed by atoms with Crippen LogP contribution < -0.4 is 11.1 Å². The number of hydrogen-bond acceptors (Lipinski definition) is 4. The van der Waals surface area contributed by atoms with Crippen LogP contribution in [0.1, 0.15) is 44.1 Å². The number of carbonyl (C=O) groups is 1. The van der Waals surface area contributed by atoms with Crippen LogP contribution in [0, 0.1) is 5.41 Å². The first-order chi connectivity index (χ1) is 12.2. The van der Waals surface area contributed by atoms with Gasteiger partial charge >= 0.3 is 0 Å². The molecule has 0 atom stereocenters. The number of carbonyl (C=O) groups excluding carboxylic acids is 1. The van der Waals surface area contributed by atoms with E-state index in [0.29, 0.717) is 18.8 Å². The first kappa shape index (κ1) is 23.4. The lowest BCUT2D eigenvalue weighted by Gasteiger charge is -2.35. The Kier molecular flexibility index (Phi) is 9.77. The maximum absolute atomic E-state index is 12.4. The third-order valence-electron chi connectivity index (χ3n) is 5.17. The van der Waals surface area contributed by atoms with Gasteiger partial charge in [0, 0.05) is 37.6 Å². The van der Waals surface area contributed by atoms with E-state index in [0.717, 1.165) is 25.8 Å². The van der Waals surface area contributed by atoms with Crippen LogP contribution in [0.3, 0.4) is 0 Å². The van der Waals surface area contributed by atoms with E-state index in [9.17, 15) is 4.79 Å². The van der Waals surface area contributed by atoms with Gasteiger partial charge in [-0.15, -0.1) is 24.8 Å². The van der Waals surface area contributed by atoms with Crippen molar-refractivity contribution in [3.8, 4) is 0 Å². The molecule has 0 bridgehead atoms. The van der Waals surface area contributed by atoms with Crippen LogP contribution >= 0.6 is 24.8 Å². The molecule has 1 saturated carbocycles. The Morgan fingerprint density at radius 1 is 1.15 bits per heavy atom. The predicted molar refractivity (Wildman–Crippen MR) is 112 cm³/mol. The first-order valence-electron chi connectivity index (χ1n) is 9.11. The highest BCUT2D eigenvalue weighted by molar-refractivity contribution is 5.90. The number of nitrogens with zero attached hydrogens (tertiary/aromatic N) is 3. The van der Waals surface area contributed by atoms with Gasteiger partial charge in [-0.05, 0) is 48.9 Å². The van der Waals surface area contributed by atoms with Crippen LogP contribution in [0.5, 0.6) is 0 Å². The van der Waals surface area contributed by atoms with E-state index in [1.54, 1.807) is 12.4 Å². The number of amides is 1. The van der Waals surface area contributed by atoms with Crippen LogP contribution in [-0.4, -0.2) is 27.2 Å². The van der Waals surface area contributed by atoms with Gasteiger partial charge in [-0.1, -0.05) is 19.3 Å². The van der Waals surface area contributed by atoms with E-state index >= 15 is 0 Å². The lowest BCUT2D eigenvalue weighted by atomic mass is 9.71. The summed E-state index contributed by atoms with van der Waals surface area (Å²) in [5.41, 5.74) is 7.17. The average molecular weight is 414 g/mol. The summed E-state index contributed by atoms with van der Waals surface area (Å²) in [6, 6.07) is 5.85. The van der Waals surface area contributed by atoms with Crippen molar-refractivity contribution in [2.75, 3.05) is 11.9 Å². The van der Waals surface area contributed by atoms with Crippen molar-refractivity contribution in [2.24, 2.45) is 11.1 Å². The van der Waals surface area contributed by atoms with E-state index in [1.165, 1.54) is 24.8 Å². The zero-order valence-electron chi connectivity index (χ0n) is 15.5. The summed E-state index contributed by atoms with van der Waals surface area (Å²) in [4.78, 5) is 16.4. The maximum Gasteiger partial charge on any atom is 0.226 e. The van der Waals surface area contributed by atoms with Crippen LogP contribution in [0.25, 0.3) is 0 Å². The zero-order chi connectivity index (χ0) is 17.5. The Morgan fingerprint density at radius 3 is 2.52 bits per heavy atom. The second-order valence-electron chi connectivity index (χ2n) is 7.06. The van der Waals surface area contributed by atoms with Gasteiger partial charge in [0.15, 0.2) is 5.82 Å². The number of aromatic nitrogens is 3. The summed E-state index contributed by atoms with van der Waals surface area (Å²) in [6.45, 7) is 1.35. The third kappa shape index (κ3) is 6.79. The number of rotatable bonds is 7. The second-order valence-corrected chi connectivity index (χ2v) is 7.06. The minimum absolute atomic E-state index is 0. The summed E-state index contributed by atoms with van der Waals surface area (Å²) in [5.74, 6) is 0.634. The van der Waals surface area contributed by atoms with Crippen molar-refractivity contribution in [3.05, 3.63) is 42.4 Å². The smallest absolute Gasteiger partial charge is 0.226 e. The molecule has 0 saturated heterocycles. The highest BCUT2D eigenvalue weighted by Gasteiger charge is 2.33. The van der Waals surface area contributed by atoms with Gasteiger partial charge in [-0.3, -0.25) is 14.5 Å². The molecule has 8 heteroatoms. The van der Waals surface area contributed by atoms with E-state index in [4.69, 9.17) is 5.73 Å². The fourth-order valence-corrected chi connectivity index (χ4v) is 3.63. The largest absolute Gasteiger partial charge is 0.330 e. The van der Waals surface area contributed by atoms with Gasteiger partial charge in [0.2, 0.25) is 5.91 Å². The summed E-state index contributed by atoms with van der Waals surface area (Å²) < 4.78 is 1.86. The highest BCUT2D eigenvalue weighted by atomic mass is 35.5. The minimum Gasteiger partial charge on any atom is -0.330 e. The SMILES string of the molecule is Cl.Cl.NCC1(CC(=O)Nc2ccn(CCc3ccncc3)n2)CCCCC1. The fourth-order valence-electron chi connectivity index (χ4n) is 3.63. The average Bonchev–Trinajstić information content (AvgIpc) is 3.09. The Hall–Kier alpha value is -1.63. The Balaban J connectivity index is 0.00000182. The van der Waals surface area contributed by atoms with E-state index in [-0.39, 0.29) is 36.1 Å². The molecule has 1 aliphatic rings. The minimum atomic E-state index is -0.0216. The number of halogens is 2. The van der Waals surface area contributed by atoms with Crippen molar-refractivity contribution in [3.63, 3.8) is 0 Å². The summed E-state index contributed by atoms with van der Waals surface area (Å²) >= 11 is 0. The van der Waals surface area contributed by atoms with E-state index in [1.807, 2.05) is 29.1 Å². The van der Waals surface area contributed by atoms with Gasteiger partial charge in [0.05, 0.1) is 0 Å². The molecule has 2 aromatic rings. The third-order valence-corrected chi connectivity index (χ3v) is 5.17. The molecule has 0 radical (unpaired) electrons. The number of pyridine rings is 1. The van der Waals surface area contributed by atoms with E-state index < -0.39 is 0 Å². The fraction of sp³-hybridized carbons (Fsp3) is 0.526.